The number of carboxylic acids is 1. The quantitative estimate of drug-likeness (QED) is 0.788. The van der Waals surface area contributed by atoms with Gasteiger partial charge in [0, 0.05) is 0 Å². The van der Waals surface area contributed by atoms with E-state index in [1.165, 1.54) is 18.2 Å². The maximum atomic E-state index is 13.2. The van der Waals surface area contributed by atoms with E-state index in [-0.39, 0.29) is 11.1 Å². The first-order chi connectivity index (χ1) is 7.09. The molecule has 0 aliphatic carbocycles. The van der Waals surface area contributed by atoms with Gasteiger partial charge in [-0.05, 0) is 18.2 Å². The highest BCUT2D eigenvalue weighted by molar-refractivity contribution is 5.81. The number of benzene rings is 1. The van der Waals surface area contributed by atoms with Gasteiger partial charge in [-0.3, -0.25) is 4.79 Å². The van der Waals surface area contributed by atoms with Crippen LogP contribution in [-0.4, -0.2) is 11.1 Å². The minimum absolute atomic E-state index is 0.0441. The van der Waals surface area contributed by atoms with E-state index >= 15 is 0 Å². The molecule has 1 unspecified atom stereocenters. The van der Waals surface area contributed by atoms with Crippen molar-refractivity contribution in [2.45, 2.75) is 6.04 Å². The Labute approximate surface area is 84.1 Å². The normalized spacial score (nSPS) is 12.9. The Hall–Kier alpha value is -1.88. The fourth-order valence-electron chi connectivity index (χ4n) is 1.32. The van der Waals surface area contributed by atoms with Gasteiger partial charge in [-0.2, -0.15) is 0 Å². The summed E-state index contributed by atoms with van der Waals surface area (Å²) in [6.07, 6.45) is 0. The molecule has 5 heteroatoms. The van der Waals surface area contributed by atoms with Crippen LogP contribution >= 0.6 is 0 Å². The van der Waals surface area contributed by atoms with Gasteiger partial charge in [0.1, 0.15) is 17.2 Å². The van der Waals surface area contributed by atoms with Gasteiger partial charge < -0.3 is 15.3 Å². The highest BCUT2D eigenvalue weighted by Gasteiger charge is 2.19. The van der Waals surface area contributed by atoms with Gasteiger partial charge in [0.25, 0.3) is 0 Å². The van der Waals surface area contributed by atoms with Gasteiger partial charge in [0.15, 0.2) is 6.04 Å². The van der Waals surface area contributed by atoms with E-state index in [9.17, 15) is 9.18 Å². The molecule has 78 valence electrons. The molecule has 4 nitrogen and oxygen atoms in total. The summed E-state index contributed by atoms with van der Waals surface area (Å²) in [6.45, 7) is 0. The number of nitrogens with two attached hydrogens (primary N) is 1. The van der Waals surface area contributed by atoms with Crippen LogP contribution in [0.2, 0.25) is 0 Å². The van der Waals surface area contributed by atoms with Crippen molar-refractivity contribution < 1.29 is 18.7 Å². The lowest BCUT2D eigenvalue weighted by Crippen LogP contribution is -2.19. The first-order valence-electron chi connectivity index (χ1n) is 4.26. The zero-order chi connectivity index (χ0) is 11.0. The monoisotopic (exact) mass is 209 g/mol. The SMILES string of the molecule is NC(C(=O)O)c1cc2c(F)cccc2o1. The number of halogens is 1. The minimum Gasteiger partial charge on any atom is -0.480 e. The van der Waals surface area contributed by atoms with Crippen molar-refractivity contribution >= 4 is 16.9 Å². The molecule has 0 saturated carbocycles. The van der Waals surface area contributed by atoms with Crippen LogP contribution in [0.25, 0.3) is 11.0 Å². The molecular weight excluding hydrogens is 201 g/mol. The lowest BCUT2D eigenvalue weighted by Gasteiger charge is -1.99. The molecule has 0 radical (unpaired) electrons. The third kappa shape index (κ3) is 1.57. The summed E-state index contributed by atoms with van der Waals surface area (Å²) in [5.41, 5.74) is 5.63. The maximum absolute atomic E-state index is 13.2. The van der Waals surface area contributed by atoms with E-state index in [0.717, 1.165) is 0 Å². The van der Waals surface area contributed by atoms with Crippen molar-refractivity contribution in [3.63, 3.8) is 0 Å². The summed E-state index contributed by atoms with van der Waals surface area (Å²) in [7, 11) is 0. The zero-order valence-electron chi connectivity index (χ0n) is 7.61. The Morgan fingerprint density at radius 3 is 2.87 bits per heavy atom. The molecule has 1 atom stereocenters. The molecule has 0 saturated heterocycles. The summed E-state index contributed by atoms with van der Waals surface area (Å²) in [5.74, 6) is -1.63. The van der Waals surface area contributed by atoms with E-state index in [2.05, 4.69) is 0 Å². The number of carboxylic acid groups (broad SMARTS) is 1. The van der Waals surface area contributed by atoms with Crippen LogP contribution in [0.5, 0.6) is 0 Å². The molecule has 0 amide bonds. The fourth-order valence-corrected chi connectivity index (χ4v) is 1.32. The van der Waals surface area contributed by atoms with Crippen molar-refractivity contribution in [3.05, 3.63) is 35.8 Å². The van der Waals surface area contributed by atoms with E-state index < -0.39 is 17.8 Å². The molecule has 3 N–H and O–H groups in total. The van der Waals surface area contributed by atoms with Crippen LogP contribution in [0.3, 0.4) is 0 Å². The summed E-state index contributed by atoms with van der Waals surface area (Å²) >= 11 is 0. The Bertz CT molecular complexity index is 520. The molecule has 1 aromatic carbocycles. The Morgan fingerprint density at radius 1 is 1.53 bits per heavy atom. The smallest absolute Gasteiger partial charge is 0.328 e. The van der Waals surface area contributed by atoms with Gasteiger partial charge in [0.05, 0.1) is 5.39 Å². The first-order valence-corrected chi connectivity index (χ1v) is 4.26. The van der Waals surface area contributed by atoms with Gasteiger partial charge in [0.2, 0.25) is 0 Å². The van der Waals surface area contributed by atoms with Crippen molar-refractivity contribution in [2.24, 2.45) is 5.73 Å². The standard InChI is InChI=1S/C10H8FNO3/c11-6-2-1-3-7-5(6)4-8(15-7)9(12)10(13)14/h1-4,9H,12H2,(H,13,14). The third-order valence-corrected chi connectivity index (χ3v) is 2.10. The second kappa shape index (κ2) is 3.36. The summed E-state index contributed by atoms with van der Waals surface area (Å²) in [4.78, 5) is 10.6. The topological polar surface area (TPSA) is 76.5 Å². The molecule has 2 rings (SSSR count). The van der Waals surface area contributed by atoms with Crippen LogP contribution in [0.1, 0.15) is 11.8 Å². The average molecular weight is 209 g/mol. The molecule has 0 aliphatic rings. The number of hydrogen-bond acceptors (Lipinski definition) is 3. The van der Waals surface area contributed by atoms with E-state index in [0.29, 0.717) is 5.58 Å². The van der Waals surface area contributed by atoms with Crippen LogP contribution in [-0.2, 0) is 4.79 Å². The first kappa shape index (κ1) is 9.67. The summed E-state index contributed by atoms with van der Waals surface area (Å²) in [5, 5.41) is 8.89. The number of fused-ring (bicyclic) bond motifs is 1. The van der Waals surface area contributed by atoms with Gasteiger partial charge in [-0.1, -0.05) is 6.07 Å². The fraction of sp³-hybridized carbons (Fsp3) is 0.100. The van der Waals surface area contributed by atoms with E-state index in [1.807, 2.05) is 0 Å². The lowest BCUT2D eigenvalue weighted by molar-refractivity contribution is -0.139. The highest BCUT2D eigenvalue weighted by atomic mass is 19.1. The van der Waals surface area contributed by atoms with E-state index in [4.69, 9.17) is 15.3 Å². The molecule has 0 bridgehead atoms. The average Bonchev–Trinajstić information content (AvgIpc) is 2.61. The number of aliphatic carboxylic acids is 1. The molecule has 2 aromatic rings. The molecule has 1 heterocycles. The molecule has 15 heavy (non-hydrogen) atoms. The zero-order valence-corrected chi connectivity index (χ0v) is 7.61. The molecular formula is C10H8FNO3. The second-order valence-electron chi connectivity index (χ2n) is 3.12. The number of rotatable bonds is 2. The van der Waals surface area contributed by atoms with Crippen molar-refractivity contribution in [3.8, 4) is 0 Å². The summed E-state index contributed by atoms with van der Waals surface area (Å²) < 4.78 is 18.3. The van der Waals surface area contributed by atoms with Crippen LogP contribution < -0.4 is 5.73 Å². The molecule has 0 fully saturated rings. The van der Waals surface area contributed by atoms with Crippen LogP contribution in [0.4, 0.5) is 4.39 Å². The number of hydrogen-bond donors (Lipinski definition) is 2. The number of carbonyl (C=O) groups is 1. The molecule has 1 aromatic heterocycles. The number of furan rings is 1. The van der Waals surface area contributed by atoms with Crippen LogP contribution in [0.15, 0.2) is 28.7 Å². The van der Waals surface area contributed by atoms with Gasteiger partial charge in [-0.25, -0.2) is 4.39 Å². The largest absolute Gasteiger partial charge is 0.480 e. The lowest BCUT2D eigenvalue weighted by atomic mass is 10.2. The van der Waals surface area contributed by atoms with Crippen molar-refractivity contribution in [1.82, 2.24) is 0 Å². The molecule has 0 spiro atoms. The Kier molecular flexibility index (Phi) is 2.17. The Balaban J connectivity index is 2.56. The van der Waals surface area contributed by atoms with Crippen LogP contribution in [0, 0.1) is 5.82 Å². The Morgan fingerprint density at radius 2 is 2.27 bits per heavy atom. The van der Waals surface area contributed by atoms with Crippen molar-refractivity contribution in [2.75, 3.05) is 0 Å². The van der Waals surface area contributed by atoms with Crippen molar-refractivity contribution in [1.29, 1.82) is 0 Å². The van der Waals surface area contributed by atoms with Gasteiger partial charge in [-0.15, -0.1) is 0 Å². The highest BCUT2D eigenvalue weighted by Crippen LogP contribution is 2.25. The predicted octanol–water partition coefficient (Wildman–Crippen LogP) is 1.66. The van der Waals surface area contributed by atoms with Gasteiger partial charge >= 0.3 is 5.97 Å². The predicted molar refractivity (Wildman–Crippen MR) is 50.7 cm³/mol. The summed E-state index contributed by atoms with van der Waals surface area (Å²) in [6, 6.07) is 4.35. The third-order valence-electron chi connectivity index (χ3n) is 2.10. The second-order valence-corrected chi connectivity index (χ2v) is 3.12. The minimum atomic E-state index is -1.27. The van der Waals surface area contributed by atoms with E-state index in [1.54, 1.807) is 6.07 Å². The molecule has 0 aliphatic heterocycles. The maximum Gasteiger partial charge on any atom is 0.328 e.